The molecule has 0 saturated heterocycles. The Labute approximate surface area is 340 Å². The second kappa shape index (κ2) is 17.8. The Kier molecular flexibility index (Phi) is 12.9. The van der Waals surface area contributed by atoms with Crippen molar-refractivity contribution in [3.05, 3.63) is 137 Å². The molecule has 21 heteroatoms. The summed E-state index contributed by atoms with van der Waals surface area (Å²) in [6.07, 6.45) is 3.64. The molecule has 0 amide bonds. The van der Waals surface area contributed by atoms with Gasteiger partial charge in [-0.05, 0) is 55.1 Å². The summed E-state index contributed by atoms with van der Waals surface area (Å²) < 4.78 is 80.1. The third-order valence-corrected chi connectivity index (χ3v) is 11.4. The minimum absolute atomic E-state index is 0.0319. The van der Waals surface area contributed by atoms with Crippen LogP contribution < -0.4 is 36.4 Å². The van der Waals surface area contributed by atoms with Gasteiger partial charge in [-0.25, -0.2) is 8.78 Å². The summed E-state index contributed by atoms with van der Waals surface area (Å²) in [6, 6.07) is 14.7. The molecule has 0 radical (unpaired) electrons. The largest absolute Gasteiger partial charge is 0.495 e. The molecule has 2 aliphatic rings. The number of rotatable bonds is 7. The number of benzene rings is 2. The molecule has 0 saturated carbocycles. The molecule has 4 N–H and O–H groups in total. The SMILES string of the molecule is COc1cc(Br)c(F)cc1-n1c2c(ccc1=O)CN(S(=O)(=O)Nc1ccon1)CC2.COc1cc(Br)c(F)cc1-n1c2c(ccc1=O)CNCC2.Nc1ccon1. The van der Waals surface area contributed by atoms with E-state index in [-0.39, 0.29) is 46.6 Å². The van der Waals surface area contributed by atoms with Gasteiger partial charge in [-0.15, -0.1) is 0 Å². The van der Waals surface area contributed by atoms with Crippen LogP contribution in [0.25, 0.3) is 11.4 Å². The molecular weight excluding hydrogens is 902 g/mol. The van der Waals surface area contributed by atoms with E-state index in [1.165, 1.54) is 78.1 Å². The zero-order valence-corrected chi connectivity index (χ0v) is 34.2. The van der Waals surface area contributed by atoms with E-state index < -0.39 is 21.8 Å². The van der Waals surface area contributed by atoms with Crippen molar-refractivity contribution in [2.75, 3.05) is 37.8 Å². The monoisotopic (exact) mass is 934 g/mol. The van der Waals surface area contributed by atoms with Crippen molar-refractivity contribution in [2.45, 2.75) is 25.9 Å². The third-order valence-electron chi connectivity index (χ3n) is 8.77. The number of hydrogen-bond acceptors (Lipinski definition) is 12. The Bertz CT molecular complexity index is 2610. The molecule has 8 rings (SSSR count). The van der Waals surface area contributed by atoms with Gasteiger partial charge in [-0.1, -0.05) is 22.4 Å². The second-order valence-corrected chi connectivity index (χ2v) is 15.6. The molecular formula is C36H34Br2F2N8O8S. The van der Waals surface area contributed by atoms with Gasteiger partial charge in [0, 0.05) is 86.8 Å². The molecule has 57 heavy (non-hydrogen) atoms. The van der Waals surface area contributed by atoms with Gasteiger partial charge in [0.05, 0.1) is 34.5 Å². The Morgan fingerprint density at radius 1 is 0.807 bits per heavy atom. The molecule has 2 aliphatic heterocycles. The van der Waals surface area contributed by atoms with Gasteiger partial charge in [0.1, 0.15) is 35.7 Å². The molecule has 0 aliphatic carbocycles. The van der Waals surface area contributed by atoms with Crippen LogP contribution in [0.5, 0.6) is 11.5 Å². The van der Waals surface area contributed by atoms with E-state index in [1.807, 2.05) is 6.07 Å². The third kappa shape index (κ3) is 9.28. The number of hydrogen-bond donors (Lipinski definition) is 3. The number of nitrogen functional groups attached to an aromatic ring is 1. The highest BCUT2D eigenvalue weighted by atomic mass is 79.9. The molecule has 4 aromatic heterocycles. The number of pyridine rings is 2. The Morgan fingerprint density at radius 2 is 1.37 bits per heavy atom. The van der Waals surface area contributed by atoms with Gasteiger partial charge >= 0.3 is 10.2 Å². The first-order chi connectivity index (χ1) is 27.3. The first kappa shape index (κ1) is 41.3. The number of methoxy groups -OCH3 is 2. The maximum Gasteiger partial charge on any atom is 0.303 e. The van der Waals surface area contributed by atoms with Crippen molar-refractivity contribution in [3.63, 3.8) is 0 Å². The van der Waals surface area contributed by atoms with Gasteiger partial charge in [0.2, 0.25) is 0 Å². The average molecular weight is 937 g/mol. The number of fused-ring (bicyclic) bond motifs is 2. The smallest absolute Gasteiger partial charge is 0.303 e. The van der Waals surface area contributed by atoms with Crippen molar-refractivity contribution < 1.29 is 35.7 Å². The minimum atomic E-state index is -3.88. The maximum atomic E-state index is 14.2. The summed E-state index contributed by atoms with van der Waals surface area (Å²) in [5, 5.41) is 10.1. The number of nitrogens with one attached hydrogen (secondary N) is 2. The van der Waals surface area contributed by atoms with Crippen LogP contribution in [-0.4, -0.2) is 59.5 Å². The summed E-state index contributed by atoms with van der Waals surface area (Å²) in [5.74, 6) is 0.283. The van der Waals surface area contributed by atoms with Crippen molar-refractivity contribution in [1.29, 1.82) is 0 Å². The van der Waals surface area contributed by atoms with E-state index in [4.69, 9.17) is 15.2 Å². The molecule has 16 nitrogen and oxygen atoms in total. The minimum Gasteiger partial charge on any atom is -0.495 e. The van der Waals surface area contributed by atoms with Crippen molar-refractivity contribution >= 4 is 53.7 Å². The van der Waals surface area contributed by atoms with E-state index in [0.717, 1.165) is 17.8 Å². The van der Waals surface area contributed by atoms with E-state index >= 15 is 0 Å². The molecule has 6 heterocycles. The molecule has 0 spiro atoms. The van der Waals surface area contributed by atoms with Crippen molar-refractivity contribution in [2.24, 2.45) is 0 Å². The Balaban J connectivity index is 0.000000175. The van der Waals surface area contributed by atoms with Crippen molar-refractivity contribution in [3.8, 4) is 22.9 Å². The lowest BCUT2D eigenvalue weighted by Gasteiger charge is -2.29. The maximum absolute atomic E-state index is 14.2. The van der Waals surface area contributed by atoms with Gasteiger partial charge in [-0.3, -0.25) is 23.4 Å². The zero-order chi connectivity index (χ0) is 40.9. The first-order valence-corrected chi connectivity index (χ1v) is 19.9. The summed E-state index contributed by atoms with van der Waals surface area (Å²) in [5.41, 5.74) is 8.36. The number of halogens is 4. The van der Waals surface area contributed by atoms with E-state index in [1.54, 1.807) is 16.7 Å². The van der Waals surface area contributed by atoms with Crippen LogP contribution in [-0.2, 0) is 36.1 Å². The first-order valence-electron chi connectivity index (χ1n) is 16.9. The van der Waals surface area contributed by atoms with E-state index in [2.05, 4.69) is 61.3 Å². The molecule has 300 valence electrons. The van der Waals surface area contributed by atoms with Gasteiger partial charge < -0.3 is 29.6 Å². The fourth-order valence-electron chi connectivity index (χ4n) is 6.15. The van der Waals surface area contributed by atoms with Crippen LogP contribution in [0.15, 0.2) is 101 Å². The second-order valence-electron chi connectivity index (χ2n) is 12.3. The van der Waals surface area contributed by atoms with Crippen LogP contribution in [0.3, 0.4) is 0 Å². The van der Waals surface area contributed by atoms with Gasteiger partial charge in [-0.2, -0.15) is 12.7 Å². The highest BCUT2D eigenvalue weighted by Gasteiger charge is 2.30. The van der Waals surface area contributed by atoms with Crippen LogP contribution in [0.1, 0.15) is 22.5 Å². The van der Waals surface area contributed by atoms with E-state index in [0.29, 0.717) is 51.7 Å². The molecule has 0 atom stereocenters. The molecule has 0 bridgehead atoms. The summed E-state index contributed by atoms with van der Waals surface area (Å²) in [7, 11) is -0.950. The van der Waals surface area contributed by atoms with Crippen molar-refractivity contribution in [1.82, 2.24) is 29.1 Å². The predicted molar refractivity (Wildman–Crippen MR) is 212 cm³/mol. The molecule has 0 fully saturated rings. The van der Waals surface area contributed by atoms with E-state index in [9.17, 15) is 26.8 Å². The molecule has 6 aromatic rings. The lowest BCUT2D eigenvalue weighted by molar-refractivity contribution is 0.384. The quantitative estimate of drug-likeness (QED) is 0.192. The summed E-state index contributed by atoms with van der Waals surface area (Å²) >= 11 is 6.24. The number of nitrogens with two attached hydrogens (primary N) is 1. The lowest BCUT2D eigenvalue weighted by Crippen LogP contribution is -2.41. The number of aromatic nitrogens is 4. The normalized spacial score (nSPS) is 13.6. The van der Waals surface area contributed by atoms with Gasteiger partial charge in [0.15, 0.2) is 11.6 Å². The molecule has 0 unspecified atom stereocenters. The summed E-state index contributed by atoms with van der Waals surface area (Å²) in [4.78, 5) is 25.0. The fourth-order valence-corrected chi connectivity index (χ4v) is 7.93. The topological polar surface area (TPSA) is 202 Å². The standard InChI is InChI=1S/C18H16BrFN4O5S.C15H14BrFN2O2.C3H4N2O/c1-28-16-8-12(19)13(20)9-15(16)24-14-4-6-23(10-11(14)2-3-18(24)25)30(26,27)22-17-5-7-29-21-17;1-21-14-6-10(16)11(17)7-13(14)19-12-4-5-18-8-9(12)2-3-15(19)20;4-3-1-2-6-5-3/h2-3,5,7-9H,4,6,10H2,1H3,(H,21,22);2-3,6-7,18H,4-5,8H2,1H3;1-2H,(H2,4,5). The number of ether oxygens (including phenoxy) is 2. The van der Waals surface area contributed by atoms with Crippen LogP contribution in [0.2, 0.25) is 0 Å². The number of nitrogens with zero attached hydrogens (tertiary/aromatic N) is 5. The molecule has 2 aromatic carbocycles. The summed E-state index contributed by atoms with van der Waals surface area (Å²) in [6.45, 7) is 1.64. The predicted octanol–water partition coefficient (Wildman–Crippen LogP) is 5.10. The van der Waals surface area contributed by atoms with Gasteiger partial charge in [0.25, 0.3) is 11.1 Å². The average Bonchev–Trinajstić information content (AvgIpc) is 3.91. The zero-order valence-electron chi connectivity index (χ0n) is 30.2. The fraction of sp³-hybridized carbons (Fsp3) is 0.222. The van der Waals surface area contributed by atoms with Crippen LogP contribution in [0.4, 0.5) is 20.4 Å². The Morgan fingerprint density at radius 3 is 1.88 bits per heavy atom. The van der Waals surface area contributed by atoms with Crippen LogP contribution >= 0.6 is 31.9 Å². The Hall–Kier alpha value is -5.35. The highest BCUT2D eigenvalue weighted by Crippen LogP contribution is 2.32. The van der Waals surface area contributed by atoms with Crippen LogP contribution in [0, 0.1) is 11.6 Å². The lowest BCUT2D eigenvalue weighted by atomic mass is 10.1. The number of anilines is 2. The highest BCUT2D eigenvalue weighted by molar-refractivity contribution is 9.10.